The summed E-state index contributed by atoms with van der Waals surface area (Å²) in [4.78, 5) is 5.59. The minimum Gasteiger partial charge on any atom is -0.329 e. The Bertz CT molecular complexity index is 514. The Labute approximate surface area is 116 Å². The third-order valence-corrected chi connectivity index (χ3v) is 4.63. The van der Waals surface area contributed by atoms with Crippen molar-refractivity contribution in [2.75, 3.05) is 13.1 Å². The monoisotopic (exact) mass is 281 g/mol. The van der Waals surface area contributed by atoms with Gasteiger partial charge in [0, 0.05) is 29.2 Å². The molecule has 0 radical (unpaired) electrons. The van der Waals surface area contributed by atoms with Crippen molar-refractivity contribution >= 4 is 22.9 Å². The molecule has 2 aromatic heterocycles. The summed E-state index contributed by atoms with van der Waals surface area (Å²) in [6.07, 6.45) is 6.44. The van der Waals surface area contributed by atoms with Crippen LogP contribution >= 0.6 is 22.9 Å². The summed E-state index contributed by atoms with van der Waals surface area (Å²) >= 11 is 7.62. The van der Waals surface area contributed by atoms with Gasteiger partial charge in [0.05, 0.1) is 17.2 Å². The predicted molar refractivity (Wildman–Crippen MR) is 75.5 cm³/mol. The molecule has 0 aromatic carbocycles. The van der Waals surface area contributed by atoms with Crippen LogP contribution in [0.4, 0.5) is 0 Å². The van der Waals surface area contributed by atoms with Crippen molar-refractivity contribution in [1.82, 2.24) is 14.9 Å². The van der Waals surface area contributed by atoms with Crippen molar-refractivity contribution in [3.8, 4) is 0 Å². The first-order valence-corrected chi connectivity index (χ1v) is 7.47. The maximum absolute atomic E-state index is 5.97. The second kappa shape index (κ2) is 5.43. The molecular formula is C13H16ClN3S. The Balaban J connectivity index is 1.78. The lowest BCUT2D eigenvalue weighted by Gasteiger charge is -2.23. The fourth-order valence-corrected chi connectivity index (χ4v) is 3.60. The third-order valence-electron chi connectivity index (χ3n) is 3.41. The van der Waals surface area contributed by atoms with Crippen molar-refractivity contribution in [3.63, 3.8) is 0 Å². The maximum atomic E-state index is 5.97. The van der Waals surface area contributed by atoms with Crippen LogP contribution in [0.3, 0.4) is 0 Å². The van der Waals surface area contributed by atoms with E-state index in [1.165, 1.54) is 23.4 Å². The van der Waals surface area contributed by atoms with Gasteiger partial charge >= 0.3 is 0 Å². The summed E-state index contributed by atoms with van der Waals surface area (Å²) in [5.74, 6) is 0.594. The van der Waals surface area contributed by atoms with Crippen LogP contribution in [-0.4, -0.2) is 22.6 Å². The number of nitrogens with zero attached hydrogens (tertiary/aromatic N) is 2. The normalized spacial score (nSPS) is 20.2. The molecule has 1 fully saturated rings. The number of thiophene rings is 1. The second-order valence-corrected chi connectivity index (χ2v) is 6.50. The number of rotatable bonds is 3. The summed E-state index contributed by atoms with van der Waals surface area (Å²) < 4.78 is 3.10. The van der Waals surface area contributed by atoms with Crippen LogP contribution in [0.25, 0.3) is 0 Å². The van der Waals surface area contributed by atoms with Crippen molar-refractivity contribution < 1.29 is 0 Å². The first-order valence-electron chi connectivity index (χ1n) is 6.28. The lowest BCUT2D eigenvalue weighted by molar-refractivity contribution is 0.444. The molecule has 0 aliphatic carbocycles. The van der Waals surface area contributed by atoms with Crippen molar-refractivity contribution in [2.24, 2.45) is 0 Å². The van der Waals surface area contributed by atoms with Gasteiger partial charge in [-0.2, -0.15) is 0 Å². The molecule has 18 heavy (non-hydrogen) atoms. The van der Waals surface area contributed by atoms with Crippen LogP contribution in [0, 0.1) is 0 Å². The SMILES string of the molecule is Clc1ccc(Cn2cncc2C2CCCNC2)s1. The van der Waals surface area contributed by atoms with E-state index in [4.69, 9.17) is 11.6 Å². The van der Waals surface area contributed by atoms with Crippen molar-refractivity contribution in [1.29, 1.82) is 0 Å². The Hall–Kier alpha value is -0.840. The molecule has 3 heterocycles. The molecule has 0 amide bonds. The highest BCUT2D eigenvalue weighted by Gasteiger charge is 2.18. The molecule has 1 aliphatic rings. The minimum atomic E-state index is 0.594. The predicted octanol–water partition coefficient (Wildman–Crippen LogP) is 3.11. The highest BCUT2D eigenvalue weighted by Crippen LogP contribution is 2.26. The molecule has 3 rings (SSSR count). The molecule has 1 N–H and O–H groups in total. The Morgan fingerprint density at radius 1 is 1.50 bits per heavy atom. The van der Waals surface area contributed by atoms with Gasteiger partial charge in [0.25, 0.3) is 0 Å². The molecule has 0 bridgehead atoms. The molecule has 3 nitrogen and oxygen atoms in total. The largest absolute Gasteiger partial charge is 0.329 e. The average Bonchev–Trinajstić information content (AvgIpc) is 3.00. The third kappa shape index (κ3) is 2.60. The summed E-state index contributed by atoms with van der Waals surface area (Å²) in [6.45, 7) is 3.09. The van der Waals surface area contributed by atoms with Gasteiger partial charge in [-0.05, 0) is 31.5 Å². The summed E-state index contributed by atoms with van der Waals surface area (Å²) in [5, 5.41) is 3.46. The van der Waals surface area contributed by atoms with Gasteiger partial charge in [-0.3, -0.25) is 0 Å². The van der Waals surface area contributed by atoms with Crippen LogP contribution in [0.1, 0.15) is 29.3 Å². The van der Waals surface area contributed by atoms with E-state index in [-0.39, 0.29) is 0 Å². The minimum absolute atomic E-state index is 0.594. The zero-order valence-electron chi connectivity index (χ0n) is 10.1. The Morgan fingerprint density at radius 3 is 3.17 bits per heavy atom. The van der Waals surface area contributed by atoms with E-state index < -0.39 is 0 Å². The number of hydrogen-bond acceptors (Lipinski definition) is 3. The van der Waals surface area contributed by atoms with Gasteiger partial charge in [0.2, 0.25) is 0 Å². The quantitative estimate of drug-likeness (QED) is 0.937. The van der Waals surface area contributed by atoms with Crippen LogP contribution in [0.5, 0.6) is 0 Å². The van der Waals surface area contributed by atoms with E-state index in [1.807, 2.05) is 18.6 Å². The highest BCUT2D eigenvalue weighted by molar-refractivity contribution is 7.16. The number of hydrogen-bond donors (Lipinski definition) is 1. The first-order chi connectivity index (χ1) is 8.83. The van der Waals surface area contributed by atoms with Crippen molar-refractivity contribution in [3.05, 3.63) is 39.6 Å². The van der Waals surface area contributed by atoms with E-state index in [9.17, 15) is 0 Å². The maximum Gasteiger partial charge on any atom is 0.0951 e. The molecule has 1 unspecified atom stereocenters. The van der Waals surface area contributed by atoms with Gasteiger partial charge in [-0.25, -0.2) is 4.98 Å². The zero-order chi connectivity index (χ0) is 12.4. The van der Waals surface area contributed by atoms with Crippen LogP contribution in [0.2, 0.25) is 4.34 Å². The zero-order valence-corrected chi connectivity index (χ0v) is 11.7. The lowest BCUT2D eigenvalue weighted by atomic mass is 9.96. The molecule has 1 atom stereocenters. The van der Waals surface area contributed by atoms with Gasteiger partial charge < -0.3 is 9.88 Å². The molecule has 2 aromatic rings. The van der Waals surface area contributed by atoms with Crippen molar-refractivity contribution in [2.45, 2.75) is 25.3 Å². The summed E-state index contributed by atoms with van der Waals surface area (Å²) in [7, 11) is 0. The Kier molecular flexibility index (Phi) is 3.68. The van der Waals surface area contributed by atoms with Crippen LogP contribution in [0.15, 0.2) is 24.7 Å². The van der Waals surface area contributed by atoms with E-state index in [0.717, 1.165) is 24.0 Å². The summed E-state index contributed by atoms with van der Waals surface area (Å²) in [6, 6.07) is 4.05. The number of aromatic nitrogens is 2. The van der Waals surface area contributed by atoms with Gasteiger partial charge in [-0.1, -0.05) is 11.6 Å². The fraction of sp³-hybridized carbons (Fsp3) is 0.462. The average molecular weight is 282 g/mol. The Morgan fingerprint density at radius 2 is 2.44 bits per heavy atom. The highest BCUT2D eigenvalue weighted by atomic mass is 35.5. The first kappa shape index (κ1) is 12.2. The topological polar surface area (TPSA) is 29.9 Å². The smallest absolute Gasteiger partial charge is 0.0951 e. The van der Waals surface area contributed by atoms with E-state index in [0.29, 0.717) is 5.92 Å². The molecule has 5 heteroatoms. The number of nitrogens with one attached hydrogen (secondary N) is 1. The molecule has 0 saturated carbocycles. The molecule has 0 spiro atoms. The number of piperidine rings is 1. The molecular weight excluding hydrogens is 266 g/mol. The number of imidazole rings is 1. The van der Waals surface area contributed by atoms with Gasteiger partial charge in [0.1, 0.15) is 0 Å². The van der Waals surface area contributed by atoms with E-state index >= 15 is 0 Å². The van der Waals surface area contributed by atoms with E-state index in [1.54, 1.807) is 11.3 Å². The van der Waals surface area contributed by atoms with E-state index in [2.05, 4.69) is 20.9 Å². The molecule has 96 valence electrons. The molecule has 1 aliphatic heterocycles. The molecule has 1 saturated heterocycles. The lowest BCUT2D eigenvalue weighted by Crippen LogP contribution is -2.29. The van der Waals surface area contributed by atoms with Crippen LogP contribution in [-0.2, 0) is 6.54 Å². The second-order valence-electron chi connectivity index (χ2n) is 4.70. The fourth-order valence-electron chi connectivity index (χ4n) is 2.51. The van der Waals surface area contributed by atoms with Gasteiger partial charge in [-0.15, -0.1) is 11.3 Å². The summed E-state index contributed by atoms with van der Waals surface area (Å²) in [5.41, 5.74) is 1.34. The standard InChI is InChI=1S/C13H16ClN3S/c14-13-4-3-11(18-13)8-17-9-16-7-12(17)10-2-1-5-15-6-10/h3-4,7,9-10,15H,1-2,5-6,8H2. The van der Waals surface area contributed by atoms with Gasteiger partial charge in [0.15, 0.2) is 0 Å². The number of halogens is 1. The van der Waals surface area contributed by atoms with Crippen LogP contribution < -0.4 is 5.32 Å².